The van der Waals surface area contributed by atoms with Gasteiger partial charge in [-0.25, -0.2) is 0 Å². The van der Waals surface area contributed by atoms with Crippen LogP contribution in [0.25, 0.3) is 6.08 Å². The molecule has 2 heterocycles. The predicted molar refractivity (Wildman–Crippen MR) is 136 cm³/mol. The van der Waals surface area contributed by atoms with Crippen LogP contribution in [0.1, 0.15) is 39.7 Å². The molecule has 170 valence electrons. The van der Waals surface area contributed by atoms with Crippen molar-refractivity contribution in [1.82, 2.24) is 10.6 Å². The van der Waals surface area contributed by atoms with Gasteiger partial charge >= 0.3 is 0 Å². The van der Waals surface area contributed by atoms with Crippen molar-refractivity contribution in [3.8, 4) is 0 Å². The molecule has 0 aliphatic carbocycles. The average molecular weight is 460 g/mol. The molecule has 2 aromatic carbocycles. The number of aryl methyl sites for hydroxylation is 1. The van der Waals surface area contributed by atoms with Gasteiger partial charge in [0, 0.05) is 35.3 Å². The average Bonchev–Trinajstić information content (AvgIpc) is 3.43. The molecule has 0 spiro atoms. The number of nitrogens with one attached hydrogen (secondary N) is 2. The largest absolute Gasteiger partial charge is 0.368 e. The van der Waals surface area contributed by atoms with E-state index in [-0.39, 0.29) is 17.5 Å². The molecule has 1 unspecified atom stereocenters. The highest BCUT2D eigenvalue weighted by atomic mass is 32.1. The Kier molecular flexibility index (Phi) is 7.25. The van der Waals surface area contributed by atoms with Crippen LogP contribution >= 0.6 is 11.3 Å². The normalized spacial score (nSPS) is 15.3. The molecule has 3 aromatic rings. The zero-order chi connectivity index (χ0) is 23.2. The lowest BCUT2D eigenvalue weighted by molar-refractivity contribution is -0.117. The van der Waals surface area contributed by atoms with Crippen molar-refractivity contribution in [3.63, 3.8) is 0 Å². The van der Waals surface area contributed by atoms with Gasteiger partial charge in [0.25, 0.3) is 11.8 Å². The fourth-order valence-corrected chi connectivity index (χ4v) is 4.83. The fraction of sp³-hybridized carbons (Fsp3) is 0.259. The quantitative estimate of drug-likeness (QED) is 0.376. The van der Waals surface area contributed by atoms with Crippen LogP contribution in [0.2, 0.25) is 0 Å². The number of amides is 2. The summed E-state index contributed by atoms with van der Waals surface area (Å²) in [5.41, 5.74) is 4.45. The lowest BCUT2D eigenvalue weighted by atomic mass is 10.1. The highest BCUT2D eigenvalue weighted by molar-refractivity contribution is 7.10. The van der Waals surface area contributed by atoms with Crippen molar-refractivity contribution < 1.29 is 9.59 Å². The Morgan fingerprint density at radius 3 is 2.76 bits per heavy atom. The van der Waals surface area contributed by atoms with Gasteiger partial charge in [-0.3, -0.25) is 9.59 Å². The maximum atomic E-state index is 13.0. The van der Waals surface area contributed by atoms with Crippen LogP contribution in [0.3, 0.4) is 0 Å². The van der Waals surface area contributed by atoms with E-state index in [0.717, 1.165) is 29.8 Å². The predicted octanol–water partition coefficient (Wildman–Crippen LogP) is 4.78. The van der Waals surface area contributed by atoms with E-state index in [1.807, 2.05) is 42.6 Å². The van der Waals surface area contributed by atoms with Crippen LogP contribution in [-0.4, -0.2) is 30.9 Å². The number of hydrogen-bond acceptors (Lipinski definition) is 4. The maximum Gasteiger partial charge on any atom is 0.267 e. The number of hydrogen-bond donors (Lipinski definition) is 2. The lowest BCUT2D eigenvalue weighted by Gasteiger charge is -2.25. The van der Waals surface area contributed by atoms with Crippen LogP contribution in [0.5, 0.6) is 0 Å². The molecule has 0 fully saturated rings. The van der Waals surface area contributed by atoms with E-state index in [1.165, 1.54) is 22.6 Å². The number of carbonyl (C=O) groups excluding carboxylic acids is 2. The molecular weight excluding hydrogens is 430 g/mol. The summed E-state index contributed by atoms with van der Waals surface area (Å²) in [6, 6.07) is 20.1. The number of fused-ring (bicyclic) bond motifs is 1. The van der Waals surface area contributed by atoms with Crippen molar-refractivity contribution >= 4 is 34.9 Å². The number of para-hydroxylation sites is 1. The van der Waals surface area contributed by atoms with Crippen molar-refractivity contribution in [3.05, 3.63) is 93.3 Å². The van der Waals surface area contributed by atoms with Gasteiger partial charge in [-0.2, -0.15) is 0 Å². The Balaban J connectivity index is 1.37. The van der Waals surface area contributed by atoms with Crippen molar-refractivity contribution in [1.29, 1.82) is 0 Å². The third kappa shape index (κ3) is 5.71. The van der Waals surface area contributed by atoms with Gasteiger partial charge in [0.15, 0.2) is 0 Å². The Morgan fingerprint density at radius 2 is 1.97 bits per heavy atom. The van der Waals surface area contributed by atoms with E-state index in [9.17, 15) is 9.59 Å². The summed E-state index contributed by atoms with van der Waals surface area (Å²) in [7, 11) is 0. The summed E-state index contributed by atoms with van der Waals surface area (Å²) < 4.78 is 0. The van der Waals surface area contributed by atoms with Crippen LogP contribution in [0, 0.1) is 6.92 Å². The van der Waals surface area contributed by atoms with Crippen molar-refractivity contribution in [2.45, 2.75) is 32.7 Å². The molecule has 1 aliphatic rings. The van der Waals surface area contributed by atoms with Crippen LogP contribution in [-0.2, 0) is 11.2 Å². The summed E-state index contributed by atoms with van der Waals surface area (Å²) in [6.45, 7) is 5.58. The van der Waals surface area contributed by atoms with Gasteiger partial charge in [0.2, 0.25) is 0 Å². The highest BCUT2D eigenvalue weighted by Crippen LogP contribution is 2.31. The first-order valence-electron chi connectivity index (χ1n) is 11.3. The first kappa shape index (κ1) is 22.8. The molecule has 6 heteroatoms. The third-order valence-electron chi connectivity index (χ3n) is 5.81. The topological polar surface area (TPSA) is 61.4 Å². The van der Waals surface area contributed by atoms with Crippen molar-refractivity contribution in [2.75, 3.05) is 18.0 Å². The van der Waals surface area contributed by atoms with Crippen molar-refractivity contribution in [2.24, 2.45) is 0 Å². The molecule has 0 saturated carbocycles. The summed E-state index contributed by atoms with van der Waals surface area (Å²) in [4.78, 5) is 29.0. The Labute approximate surface area is 199 Å². The Bertz CT molecular complexity index is 1150. The number of nitrogens with zero attached hydrogens (tertiary/aromatic N) is 1. The minimum atomic E-state index is -0.292. The number of benzene rings is 2. The minimum absolute atomic E-state index is 0.254. The smallest absolute Gasteiger partial charge is 0.267 e. The Hall–Kier alpha value is -3.38. The van der Waals surface area contributed by atoms with E-state index in [0.29, 0.717) is 18.2 Å². The molecule has 0 saturated heterocycles. The lowest BCUT2D eigenvalue weighted by Crippen LogP contribution is -2.37. The zero-order valence-electron chi connectivity index (χ0n) is 19.0. The van der Waals surface area contributed by atoms with Gasteiger partial charge in [-0.05, 0) is 68.0 Å². The molecule has 2 N–H and O–H groups in total. The van der Waals surface area contributed by atoms with Crippen LogP contribution in [0.15, 0.2) is 71.7 Å². The second-order valence-corrected chi connectivity index (χ2v) is 9.36. The first-order valence-corrected chi connectivity index (χ1v) is 12.1. The van der Waals surface area contributed by atoms with Gasteiger partial charge in [-0.15, -0.1) is 11.3 Å². The third-order valence-corrected chi connectivity index (χ3v) is 6.63. The molecular formula is C27H29N3O2S. The molecule has 1 aliphatic heterocycles. The summed E-state index contributed by atoms with van der Waals surface area (Å²) in [6.07, 6.45) is 3.61. The monoisotopic (exact) mass is 459 g/mol. The van der Waals surface area contributed by atoms with E-state index in [1.54, 1.807) is 12.1 Å². The molecule has 2 amide bonds. The second-order valence-electron chi connectivity index (χ2n) is 8.38. The Morgan fingerprint density at radius 1 is 1.12 bits per heavy atom. The van der Waals surface area contributed by atoms with E-state index in [4.69, 9.17) is 0 Å². The molecule has 4 rings (SSSR count). The molecule has 5 nitrogen and oxygen atoms in total. The second kappa shape index (κ2) is 10.5. The summed E-state index contributed by atoms with van der Waals surface area (Å²) in [5.74, 6) is -0.571. The first-order chi connectivity index (χ1) is 16.0. The zero-order valence-corrected chi connectivity index (χ0v) is 19.8. The van der Waals surface area contributed by atoms with Crippen LogP contribution in [0.4, 0.5) is 5.69 Å². The summed E-state index contributed by atoms with van der Waals surface area (Å²) in [5, 5.41) is 7.73. The van der Waals surface area contributed by atoms with Gasteiger partial charge in [0.1, 0.15) is 5.70 Å². The number of rotatable bonds is 8. The molecule has 33 heavy (non-hydrogen) atoms. The van der Waals surface area contributed by atoms with Gasteiger partial charge < -0.3 is 15.5 Å². The summed E-state index contributed by atoms with van der Waals surface area (Å²) >= 11 is 1.52. The van der Waals surface area contributed by atoms with E-state index in [2.05, 4.69) is 46.7 Å². The number of thiophene rings is 1. The minimum Gasteiger partial charge on any atom is -0.368 e. The molecule has 1 aromatic heterocycles. The standard InChI is InChI=1S/C27H29N3O2S/c1-19-8-5-10-22(16-19)26(31)29-24(18-23-11-6-15-33-23)27(32)28-13-7-14-30-20(2)17-21-9-3-4-12-25(21)30/h3-6,8-12,15-16,18,20H,7,13-14,17H2,1-2H3,(H,28,32)(H,29,31)/b24-18-. The van der Waals surface area contributed by atoms with Crippen LogP contribution < -0.4 is 15.5 Å². The van der Waals surface area contributed by atoms with Gasteiger partial charge in [0.05, 0.1) is 0 Å². The molecule has 0 bridgehead atoms. The van der Waals surface area contributed by atoms with E-state index < -0.39 is 0 Å². The number of anilines is 1. The highest BCUT2D eigenvalue weighted by Gasteiger charge is 2.24. The maximum absolute atomic E-state index is 13.0. The molecule has 1 atom stereocenters. The fourth-order valence-electron chi connectivity index (χ4n) is 4.17. The molecule has 0 radical (unpaired) electrons. The van der Waals surface area contributed by atoms with E-state index >= 15 is 0 Å². The number of carbonyl (C=O) groups is 2. The SMILES string of the molecule is Cc1cccc(C(=O)N/C(=C\c2cccs2)C(=O)NCCCN2c3ccccc3CC2C)c1. The van der Waals surface area contributed by atoms with Gasteiger partial charge in [-0.1, -0.05) is 42.0 Å².